The molecule has 0 radical (unpaired) electrons. The van der Waals surface area contributed by atoms with E-state index in [0.717, 1.165) is 54.3 Å². The maximum Gasteiger partial charge on any atom is 0.191 e. The van der Waals surface area contributed by atoms with Crippen molar-refractivity contribution in [2.45, 2.75) is 38.8 Å². The number of nitrogens with zero attached hydrogens (tertiary/aromatic N) is 3. The molecule has 2 N–H and O–H groups in total. The Labute approximate surface area is 173 Å². The number of aliphatic imine (C=N–C) groups is 1. The van der Waals surface area contributed by atoms with Gasteiger partial charge in [-0.3, -0.25) is 4.99 Å². The van der Waals surface area contributed by atoms with E-state index in [0.29, 0.717) is 13.1 Å². The third kappa shape index (κ3) is 5.62. The van der Waals surface area contributed by atoms with Crippen LogP contribution in [0.25, 0.3) is 0 Å². The van der Waals surface area contributed by atoms with Crippen molar-refractivity contribution in [3.63, 3.8) is 0 Å². The monoisotopic (exact) mass is 393 g/mol. The van der Waals surface area contributed by atoms with E-state index < -0.39 is 0 Å². The minimum atomic E-state index is 0.673. The highest BCUT2D eigenvalue weighted by atomic mass is 16.5. The Morgan fingerprint density at radius 1 is 1.10 bits per heavy atom. The van der Waals surface area contributed by atoms with Gasteiger partial charge < -0.3 is 20.3 Å². The Morgan fingerprint density at radius 3 is 2.62 bits per heavy atom. The van der Waals surface area contributed by atoms with E-state index in [9.17, 15) is 0 Å². The van der Waals surface area contributed by atoms with E-state index in [4.69, 9.17) is 4.74 Å². The Balaban J connectivity index is 1.26. The van der Waals surface area contributed by atoms with Gasteiger partial charge in [0.1, 0.15) is 11.6 Å². The Hall–Kier alpha value is -2.76. The highest BCUT2D eigenvalue weighted by Gasteiger charge is 2.22. The van der Waals surface area contributed by atoms with Gasteiger partial charge in [-0.2, -0.15) is 0 Å². The molecule has 0 spiro atoms. The van der Waals surface area contributed by atoms with E-state index in [1.165, 1.54) is 25.7 Å². The third-order valence-corrected chi connectivity index (χ3v) is 5.51. The fourth-order valence-electron chi connectivity index (χ4n) is 3.52. The summed E-state index contributed by atoms with van der Waals surface area (Å²) < 4.78 is 6.00. The lowest BCUT2D eigenvalue weighted by atomic mass is 10.2. The molecular weight excluding hydrogens is 362 g/mol. The second-order valence-electron chi connectivity index (χ2n) is 7.86. The van der Waals surface area contributed by atoms with Crippen LogP contribution in [0.5, 0.6) is 5.75 Å². The highest BCUT2D eigenvalue weighted by Crippen LogP contribution is 2.30. The fourth-order valence-corrected chi connectivity index (χ4v) is 3.52. The van der Waals surface area contributed by atoms with Crippen LogP contribution in [-0.2, 0) is 13.1 Å². The summed E-state index contributed by atoms with van der Waals surface area (Å²) in [7, 11) is 1.79. The average molecular weight is 394 g/mol. The number of anilines is 1. The summed E-state index contributed by atoms with van der Waals surface area (Å²) >= 11 is 0. The Kier molecular flexibility index (Phi) is 6.49. The molecule has 4 rings (SSSR count). The summed E-state index contributed by atoms with van der Waals surface area (Å²) in [4.78, 5) is 11.3. The van der Waals surface area contributed by atoms with Crippen LogP contribution in [0.2, 0.25) is 0 Å². The van der Waals surface area contributed by atoms with Crippen molar-refractivity contribution in [1.82, 2.24) is 15.6 Å². The smallest absolute Gasteiger partial charge is 0.191 e. The van der Waals surface area contributed by atoms with E-state index in [-0.39, 0.29) is 0 Å². The number of guanidine groups is 1. The van der Waals surface area contributed by atoms with E-state index >= 15 is 0 Å². The molecule has 1 aliphatic carbocycles. The molecule has 6 nitrogen and oxygen atoms in total. The number of pyridine rings is 1. The second-order valence-corrected chi connectivity index (χ2v) is 7.86. The van der Waals surface area contributed by atoms with Crippen molar-refractivity contribution in [3.05, 3.63) is 53.7 Å². The molecule has 2 fully saturated rings. The van der Waals surface area contributed by atoms with Gasteiger partial charge in [0, 0.05) is 45.0 Å². The zero-order valence-corrected chi connectivity index (χ0v) is 17.2. The van der Waals surface area contributed by atoms with Crippen molar-refractivity contribution in [2.24, 2.45) is 10.9 Å². The SMILES string of the molecule is CN=C(NCc1ccc(N2CCCC2)nc1)NCc1ccccc1OCC1CC1. The molecule has 1 aliphatic heterocycles. The van der Waals surface area contributed by atoms with Gasteiger partial charge in [-0.25, -0.2) is 4.98 Å². The fraction of sp³-hybridized carbons (Fsp3) is 0.478. The number of para-hydroxylation sites is 1. The Bertz CT molecular complexity index is 810. The van der Waals surface area contributed by atoms with Gasteiger partial charge in [-0.15, -0.1) is 0 Å². The molecule has 154 valence electrons. The van der Waals surface area contributed by atoms with Gasteiger partial charge in [0.05, 0.1) is 6.61 Å². The minimum absolute atomic E-state index is 0.673. The normalized spacial score (nSPS) is 16.7. The largest absolute Gasteiger partial charge is 0.493 e. The molecule has 0 bridgehead atoms. The quantitative estimate of drug-likeness (QED) is 0.532. The Morgan fingerprint density at radius 2 is 1.90 bits per heavy atom. The number of aromatic nitrogens is 1. The predicted molar refractivity (Wildman–Crippen MR) is 117 cm³/mol. The first kappa shape index (κ1) is 19.6. The summed E-state index contributed by atoms with van der Waals surface area (Å²) in [6.07, 6.45) is 7.08. The van der Waals surface area contributed by atoms with Crippen molar-refractivity contribution < 1.29 is 4.74 Å². The summed E-state index contributed by atoms with van der Waals surface area (Å²) in [5.74, 6) is 3.56. The number of ether oxygens (including phenoxy) is 1. The molecule has 2 heterocycles. The van der Waals surface area contributed by atoms with Gasteiger partial charge in [-0.05, 0) is 49.3 Å². The maximum absolute atomic E-state index is 6.00. The third-order valence-electron chi connectivity index (χ3n) is 5.51. The van der Waals surface area contributed by atoms with E-state index in [1.54, 1.807) is 7.05 Å². The molecule has 1 aromatic heterocycles. The minimum Gasteiger partial charge on any atom is -0.493 e. The van der Waals surface area contributed by atoms with Gasteiger partial charge in [0.25, 0.3) is 0 Å². The molecule has 0 amide bonds. The number of hydrogen-bond donors (Lipinski definition) is 2. The topological polar surface area (TPSA) is 61.8 Å². The first-order valence-electron chi connectivity index (χ1n) is 10.7. The van der Waals surface area contributed by atoms with Gasteiger partial charge >= 0.3 is 0 Å². The van der Waals surface area contributed by atoms with Crippen LogP contribution in [0.4, 0.5) is 5.82 Å². The average Bonchev–Trinajstić information content (AvgIpc) is 3.44. The van der Waals surface area contributed by atoms with E-state index in [2.05, 4.69) is 43.7 Å². The van der Waals surface area contributed by atoms with Gasteiger partial charge in [-0.1, -0.05) is 24.3 Å². The first-order valence-corrected chi connectivity index (χ1v) is 10.7. The van der Waals surface area contributed by atoms with Crippen LogP contribution in [0, 0.1) is 5.92 Å². The number of rotatable bonds is 8. The number of benzene rings is 1. The summed E-state index contributed by atoms with van der Waals surface area (Å²) in [5.41, 5.74) is 2.29. The lowest BCUT2D eigenvalue weighted by Crippen LogP contribution is -2.36. The molecule has 29 heavy (non-hydrogen) atoms. The van der Waals surface area contributed by atoms with E-state index in [1.807, 2.05) is 24.4 Å². The molecule has 2 aliphatic rings. The zero-order chi connectivity index (χ0) is 19.9. The van der Waals surface area contributed by atoms with Crippen LogP contribution in [0.3, 0.4) is 0 Å². The van der Waals surface area contributed by atoms with Crippen molar-refractivity contribution in [1.29, 1.82) is 0 Å². The lowest BCUT2D eigenvalue weighted by Gasteiger charge is -2.17. The summed E-state index contributed by atoms with van der Waals surface area (Å²) in [6.45, 7) is 4.42. The lowest BCUT2D eigenvalue weighted by molar-refractivity contribution is 0.296. The van der Waals surface area contributed by atoms with Crippen molar-refractivity contribution in [2.75, 3.05) is 31.6 Å². The summed E-state index contributed by atoms with van der Waals surface area (Å²) in [6, 6.07) is 12.5. The molecule has 1 aromatic carbocycles. The molecule has 1 saturated carbocycles. The van der Waals surface area contributed by atoms with Crippen LogP contribution in [0.15, 0.2) is 47.6 Å². The summed E-state index contributed by atoms with van der Waals surface area (Å²) in [5, 5.41) is 6.76. The maximum atomic E-state index is 6.00. The van der Waals surface area contributed by atoms with Crippen LogP contribution in [-0.4, -0.2) is 37.7 Å². The van der Waals surface area contributed by atoms with Gasteiger partial charge in [0.15, 0.2) is 5.96 Å². The van der Waals surface area contributed by atoms with Crippen LogP contribution in [0.1, 0.15) is 36.8 Å². The second kappa shape index (κ2) is 9.63. The standard InChI is InChI=1S/C23H31N5O/c1-24-23(26-15-19-10-11-22(25-14-19)28-12-4-5-13-28)27-16-20-6-2-3-7-21(20)29-17-18-8-9-18/h2-3,6-7,10-11,14,18H,4-5,8-9,12-13,15-17H2,1H3,(H2,24,26,27). The highest BCUT2D eigenvalue weighted by molar-refractivity contribution is 5.79. The molecule has 0 unspecified atom stereocenters. The van der Waals surface area contributed by atoms with Gasteiger partial charge in [0.2, 0.25) is 0 Å². The molecule has 1 saturated heterocycles. The number of nitrogens with one attached hydrogen (secondary N) is 2. The van der Waals surface area contributed by atoms with Crippen LogP contribution >= 0.6 is 0 Å². The molecular formula is C23H31N5O. The predicted octanol–water partition coefficient (Wildman–Crippen LogP) is 3.34. The first-order chi connectivity index (χ1) is 14.3. The molecule has 2 aromatic rings. The van der Waals surface area contributed by atoms with Crippen molar-refractivity contribution >= 4 is 11.8 Å². The van der Waals surface area contributed by atoms with Crippen LogP contribution < -0.4 is 20.3 Å². The zero-order valence-electron chi connectivity index (χ0n) is 17.2. The molecule has 6 heteroatoms. The van der Waals surface area contributed by atoms with Crippen molar-refractivity contribution in [3.8, 4) is 5.75 Å². The molecule has 0 atom stereocenters. The number of hydrogen-bond acceptors (Lipinski definition) is 4.